The van der Waals surface area contributed by atoms with Gasteiger partial charge >= 0.3 is 11.9 Å². The first-order valence-electron chi connectivity index (χ1n) is 8.72. The minimum Gasteiger partial charge on any atom is -0.493 e. The maximum atomic E-state index is 13.0. The van der Waals surface area contributed by atoms with Gasteiger partial charge in [-0.3, -0.25) is 4.57 Å². The summed E-state index contributed by atoms with van der Waals surface area (Å²) >= 11 is 0. The van der Waals surface area contributed by atoms with Crippen LogP contribution in [0.25, 0.3) is 10.9 Å². The molecule has 0 aliphatic carbocycles. The Hall–Kier alpha value is -3.23. The molecule has 1 heterocycles. The summed E-state index contributed by atoms with van der Waals surface area (Å²) < 4.78 is 51.0. The zero-order chi connectivity index (χ0) is 21.3. The number of nitrogens with zero attached hydrogens (tertiary/aromatic N) is 2. The number of nitrogens with one attached hydrogen (secondary N) is 1. The first kappa shape index (κ1) is 20.5. The third kappa shape index (κ3) is 3.98. The van der Waals surface area contributed by atoms with Gasteiger partial charge in [0.1, 0.15) is 5.82 Å². The van der Waals surface area contributed by atoms with Gasteiger partial charge in [-0.05, 0) is 30.7 Å². The number of methoxy groups -OCH3 is 2. The summed E-state index contributed by atoms with van der Waals surface area (Å²) in [5.41, 5.74) is -0.294. The van der Waals surface area contributed by atoms with Gasteiger partial charge in [0.2, 0.25) is 0 Å². The highest BCUT2D eigenvalue weighted by Gasteiger charge is 2.30. The van der Waals surface area contributed by atoms with Crippen LogP contribution in [0.2, 0.25) is 0 Å². The Bertz CT molecular complexity index is 1110. The molecule has 1 atom stereocenters. The van der Waals surface area contributed by atoms with Crippen molar-refractivity contribution in [2.75, 3.05) is 19.5 Å². The molecule has 0 spiro atoms. The van der Waals surface area contributed by atoms with Crippen molar-refractivity contribution in [1.82, 2.24) is 9.55 Å². The average Bonchev–Trinajstić information content (AvgIpc) is 2.70. The lowest BCUT2D eigenvalue weighted by molar-refractivity contribution is -0.137. The number of aryl methyl sites for hydroxylation is 1. The van der Waals surface area contributed by atoms with Crippen LogP contribution in [0.5, 0.6) is 11.5 Å². The van der Waals surface area contributed by atoms with Gasteiger partial charge in [-0.1, -0.05) is 12.1 Å². The monoisotopic (exact) mass is 407 g/mol. The molecule has 1 aromatic heterocycles. The molecule has 0 aliphatic heterocycles. The summed E-state index contributed by atoms with van der Waals surface area (Å²) in [5.74, 6) is 1.13. The summed E-state index contributed by atoms with van der Waals surface area (Å²) in [7, 11) is 4.54. The van der Waals surface area contributed by atoms with Gasteiger partial charge in [-0.2, -0.15) is 18.2 Å². The van der Waals surface area contributed by atoms with E-state index in [2.05, 4.69) is 10.3 Å². The van der Waals surface area contributed by atoms with Crippen LogP contribution in [0, 0.1) is 0 Å². The van der Waals surface area contributed by atoms with E-state index in [-0.39, 0.29) is 5.82 Å². The second-order valence-electron chi connectivity index (χ2n) is 6.52. The third-order valence-electron chi connectivity index (χ3n) is 4.68. The second kappa shape index (κ2) is 7.65. The number of hydrogen-bond donors (Lipinski definition) is 1. The fourth-order valence-electron chi connectivity index (χ4n) is 3.05. The highest BCUT2D eigenvalue weighted by Crippen LogP contribution is 2.35. The van der Waals surface area contributed by atoms with Gasteiger partial charge in [-0.25, -0.2) is 4.79 Å². The number of rotatable bonds is 5. The molecular formula is C20H20F3N3O3. The van der Waals surface area contributed by atoms with E-state index in [9.17, 15) is 18.0 Å². The van der Waals surface area contributed by atoms with Gasteiger partial charge in [-0.15, -0.1) is 0 Å². The predicted molar refractivity (Wildman–Crippen MR) is 104 cm³/mol. The maximum Gasteiger partial charge on any atom is 0.416 e. The fraction of sp³-hybridized carbons (Fsp3) is 0.300. The Morgan fingerprint density at radius 1 is 1.10 bits per heavy atom. The quantitative estimate of drug-likeness (QED) is 0.689. The Morgan fingerprint density at radius 2 is 1.76 bits per heavy atom. The summed E-state index contributed by atoms with van der Waals surface area (Å²) in [6.45, 7) is 1.70. The van der Waals surface area contributed by atoms with Crippen LogP contribution in [-0.2, 0) is 13.2 Å². The highest BCUT2D eigenvalue weighted by molar-refractivity contribution is 5.92. The lowest BCUT2D eigenvalue weighted by Crippen LogP contribution is -2.23. The van der Waals surface area contributed by atoms with Crippen molar-refractivity contribution < 1.29 is 22.6 Å². The highest BCUT2D eigenvalue weighted by atomic mass is 19.4. The van der Waals surface area contributed by atoms with Crippen LogP contribution in [0.3, 0.4) is 0 Å². The lowest BCUT2D eigenvalue weighted by atomic mass is 10.0. The van der Waals surface area contributed by atoms with Crippen molar-refractivity contribution in [2.45, 2.75) is 19.1 Å². The predicted octanol–water partition coefficient (Wildman–Crippen LogP) is 4.14. The number of alkyl halides is 3. The molecule has 9 heteroatoms. The Kier molecular flexibility index (Phi) is 5.41. The minimum absolute atomic E-state index is 0.244. The Morgan fingerprint density at radius 3 is 2.38 bits per heavy atom. The number of aromatic nitrogens is 2. The lowest BCUT2D eigenvalue weighted by Gasteiger charge is -2.19. The number of halogens is 3. The van der Waals surface area contributed by atoms with Crippen LogP contribution in [0.4, 0.5) is 19.0 Å². The molecule has 6 nitrogen and oxygen atoms in total. The van der Waals surface area contributed by atoms with Crippen LogP contribution < -0.4 is 20.5 Å². The molecule has 0 fully saturated rings. The molecular weight excluding hydrogens is 387 g/mol. The first-order chi connectivity index (χ1) is 13.7. The normalized spacial score (nSPS) is 12.7. The number of benzene rings is 2. The molecule has 0 unspecified atom stereocenters. The molecule has 2 aromatic carbocycles. The van der Waals surface area contributed by atoms with Crippen LogP contribution in [0.1, 0.15) is 24.1 Å². The minimum atomic E-state index is -4.44. The zero-order valence-electron chi connectivity index (χ0n) is 16.3. The van der Waals surface area contributed by atoms with E-state index in [0.29, 0.717) is 28.0 Å². The molecule has 0 radical (unpaired) electrons. The van der Waals surface area contributed by atoms with Gasteiger partial charge in [0.25, 0.3) is 0 Å². The van der Waals surface area contributed by atoms with Crippen molar-refractivity contribution in [1.29, 1.82) is 0 Å². The van der Waals surface area contributed by atoms with Crippen LogP contribution in [0.15, 0.2) is 41.2 Å². The molecule has 0 saturated carbocycles. The van der Waals surface area contributed by atoms with Crippen molar-refractivity contribution in [3.63, 3.8) is 0 Å². The molecule has 1 N–H and O–H groups in total. The van der Waals surface area contributed by atoms with Crippen molar-refractivity contribution >= 4 is 16.7 Å². The largest absolute Gasteiger partial charge is 0.493 e. The van der Waals surface area contributed by atoms with Gasteiger partial charge in [0.15, 0.2) is 11.5 Å². The van der Waals surface area contributed by atoms with Crippen LogP contribution >= 0.6 is 0 Å². The van der Waals surface area contributed by atoms with Crippen molar-refractivity contribution in [3.8, 4) is 11.5 Å². The van der Waals surface area contributed by atoms with Crippen molar-refractivity contribution in [2.24, 2.45) is 7.05 Å². The number of ether oxygens (including phenoxy) is 2. The molecule has 0 amide bonds. The summed E-state index contributed by atoms with van der Waals surface area (Å²) in [6.07, 6.45) is -4.44. The van der Waals surface area contributed by atoms with E-state index >= 15 is 0 Å². The SMILES string of the molecule is COc1cc2c(N[C@H](C)c3cccc(C(F)(F)F)c3)nc(=O)n(C)c2cc1OC. The summed E-state index contributed by atoms with van der Waals surface area (Å²) in [6, 6.07) is 7.80. The second-order valence-corrected chi connectivity index (χ2v) is 6.52. The van der Waals surface area contributed by atoms with E-state index in [1.54, 1.807) is 32.2 Å². The van der Waals surface area contributed by atoms with E-state index < -0.39 is 23.5 Å². The molecule has 0 bridgehead atoms. The van der Waals surface area contributed by atoms with E-state index in [0.717, 1.165) is 12.1 Å². The first-order valence-corrected chi connectivity index (χ1v) is 8.72. The topological polar surface area (TPSA) is 65.4 Å². The summed E-state index contributed by atoms with van der Waals surface area (Å²) in [4.78, 5) is 16.3. The van der Waals surface area contributed by atoms with Crippen molar-refractivity contribution in [3.05, 3.63) is 58.0 Å². The van der Waals surface area contributed by atoms with E-state index in [1.807, 2.05) is 0 Å². The van der Waals surface area contributed by atoms with Gasteiger partial charge in [0, 0.05) is 24.5 Å². The number of hydrogen-bond acceptors (Lipinski definition) is 5. The molecule has 0 saturated heterocycles. The molecule has 29 heavy (non-hydrogen) atoms. The maximum absolute atomic E-state index is 13.0. The van der Waals surface area contributed by atoms with Crippen LogP contribution in [-0.4, -0.2) is 23.8 Å². The average molecular weight is 407 g/mol. The van der Waals surface area contributed by atoms with E-state index in [4.69, 9.17) is 9.47 Å². The third-order valence-corrected chi connectivity index (χ3v) is 4.68. The number of anilines is 1. The molecule has 0 aliphatic rings. The fourth-order valence-corrected chi connectivity index (χ4v) is 3.05. The Balaban J connectivity index is 2.08. The number of fused-ring (bicyclic) bond motifs is 1. The Labute approximate surface area is 164 Å². The zero-order valence-corrected chi connectivity index (χ0v) is 16.3. The molecule has 3 aromatic rings. The molecule has 3 rings (SSSR count). The standard InChI is InChI=1S/C20H20F3N3O3/c1-11(12-6-5-7-13(8-12)20(21,22)23)24-18-14-9-16(28-3)17(29-4)10-15(14)26(2)19(27)25-18/h5-11H,1-4H3,(H,24,25,27)/t11-/m1/s1. The van der Waals surface area contributed by atoms with Gasteiger partial charge < -0.3 is 14.8 Å². The van der Waals surface area contributed by atoms with E-state index in [1.165, 1.54) is 24.9 Å². The van der Waals surface area contributed by atoms with Gasteiger partial charge in [0.05, 0.1) is 25.3 Å². The smallest absolute Gasteiger partial charge is 0.416 e. The molecule has 154 valence electrons. The summed E-state index contributed by atoms with van der Waals surface area (Å²) in [5, 5.41) is 3.62.